The molecule has 2 aromatic rings. The predicted molar refractivity (Wildman–Crippen MR) is 105 cm³/mol. The van der Waals surface area contributed by atoms with Crippen LogP contribution in [-0.4, -0.2) is 60.9 Å². The molecule has 1 N–H and O–H groups in total. The van der Waals surface area contributed by atoms with Gasteiger partial charge in [-0.1, -0.05) is 18.2 Å². The number of aliphatic hydroxyl groups excluding tert-OH is 1. The van der Waals surface area contributed by atoms with Gasteiger partial charge in [-0.25, -0.2) is 0 Å². The third kappa shape index (κ3) is 3.61. The van der Waals surface area contributed by atoms with E-state index in [-0.39, 0.29) is 11.3 Å². The molecule has 0 aliphatic carbocycles. The van der Waals surface area contributed by atoms with Crippen LogP contribution in [0.1, 0.15) is 16.5 Å². The summed E-state index contributed by atoms with van der Waals surface area (Å²) in [6.07, 6.45) is 0. The molecule has 1 amide bonds. The Hall–Kier alpha value is -2.64. The first-order valence-electron chi connectivity index (χ1n) is 8.55. The smallest absolute Gasteiger partial charge is 0.295 e. The van der Waals surface area contributed by atoms with Crippen molar-refractivity contribution in [3.63, 3.8) is 0 Å². The number of methoxy groups -OCH3 is 1. The maximum atomic E-state index is 12.8. The highest BCUT2D eigenvalue weighted by Crippen LogP contribution is 2.42. The number of rotatable bonds is 6. The van der Waals surface area contributed by atoms with Crippen LogP contribution in [-0.2, 0) is 9.59 Å². The SMILES string of the molecule is COc1ccccc1/C(O)=C1\C(=O)C(=O)N(CCN(C)C)C1c1cccs1. The van der Waals surface area contributed by atoms with E-state index in [0.29, 0.717) is 24.4 Å². The van der Waals surface area contributed by atoms with E-state index in [2.05, 4.69) is 0 Å². The Balaban J connectivity index is 2.14. The van der Waals surface area contributed by atoms with Crippen molar-refractivity contribution in [1.29, 1.82) is 0 Å². The van der Waals surface area contributed by atoms with Gasteiger partial charge in [0.05, 0.1) is 24.3 Å². The zero-order valence-corrected chi connectivity index (χ0v) is 16.3. The number of likely N-dealkylation sites (N-methyl/N-ethyl adjacent to an activating group) is 1. The summed E-state index contributed by atoms with van der Waals surface area (Å²) >= 11 is 1.45. The van der Waals surface area contributed by atoms with Crippen molar-refractivity contribution in [2.75, 3.05) is 34.3 Å². The molecule has 1 atom stereocenters. The molecular formula is C20H22N2O4S. The number of hydrogen-bond donors (Lipinski definition) is 1. The lowest BCUT2D eigenvalue weighted by atomic mass is 9.99. The number of carbonyl (C=O) groups is 2. The molecule has 1 aliphatic heterocycles. The monoisotopic (exact) mass is 386 g/mol. The van der Waals surface area contributed by atoms with E-state index >= 15 is 0 Å². The minimum atomic E-state index is -0.671. The summed E-state index contributed by atoms with van der Waals surface area (Å²) in [5.74, 6) is -1.03. The van der Waals surface area contributed by atoms with Crippen LogP contribution in [0.3, 0.4) is 0 Å². The topological polar surface area (TPSA) is 70.1 Å². The second-order valence-corrected chi connectivity index (χ2v) is 7.49. The standard InChI is InChI=1S/C20H22N2O4S/c1-21(2)10-11-22-17(15-9-6-12-27-15)16(19(24)20(22)25)18(23)13-7-4-5-8-14(13)26-3/h4-9,12,17,23H,10-11H2,1-3H3/b18-16+. The zero-order valence-electron chi connectivity index (χ0n) is 15.5. The van der Waals surface area contributed by atoms with Crippen LogP contribution in [0, 0.1) is 0 Å². The quantitative estimate of drug-likeness (QED) is 0.470. The number of carbonyl (C=O) groups excluding carboxylic acids is 2. The Bertz CT molecular complexity index is 874. The molecule has 1 fully saturated rings. The zero-order chi connectivity index (χ0) is 19.6. The Kier molecular flexibility index (Phi) is 5.62. The fourth-order valence-electron chi connectivity index (χ4n) is 3.15. The van der Waals surface area contributed by atoms with Crippen molar-refractivity contribution in [3.05, 3.63) is 57.8 Å². The molecule has 0 spiro atoms. The van der Waals surface area contributed by atoms with Crippen molar-refractivity contribution >= 4 is 28.8 Å². The average molecular weight is 386 g/mol. The van der Waals surface area contributed by atoms with E-state index in [0.717, 1.165) is 4.88 Å². The van der Waals surface area contributed by atoms with Crippen LogP contribution < -0.4 is 4.74 Å². The summed E-state index contributed by atoms with van der Waals surface area (Å²) in [5, 5.41) is 12.9. The first-order chi connectivity index (χ1) is 13.0. The van der Waals surface area contributed by atoms with Crippen molar-refractivity contribution in [2.24, 2.45) is 0 Å². The maximum absolute atomic E-state index is 12.8. The second-order valence-electron chi connectivity index (χ2n) is 6.51. The summed E-state index contributed by atoms with van der Waals surface area (Å²) in [6, 6.07) is 10.1. The number of hydrogen-bond acceptors (Lipinski definition) is 6. The van der Waals surface area contributed by atoms with Gasteiger partial charge < -0.3 is 19.6 Å². The number of ketones is 1. The molecule has 1 unspecified atom stereocenters. The first-order valence-corrected chi connectivity index (χ1v) is 9.43. The summed E-state index contributed by atoms with van der Waals surface area (Å²) in [7, 11) is 5.32. The van der Waals surface area contributed by atoms with Crippen LogP contribution in [0.25, 0.3) is 5.76 Å². The largest absolute Gasteiger partial charge is 0.507 e. The van der Waals surface area contributed by atoms with Crippen LogP contribution in [0.4, 0.5) is 0 Å². The number of likely N-dealkylation sites (tertiary alicyclic amines) is 1. The number of aliphatic hydroxyl groups is 1. The van der Waals surface area contributed by atoms with Crippen LogP contribution in [0.5, 0.6) is 5.75 Å². The molecule has 0 radical (unpaired) electrons. The van der Waals surface area contributed by atoms with E-state index in [1.165, 1.54) is 23.3 Å². The lowest BCUT2D eigenvalue weighted by Gasteiger charge is -2.25. The Morgan fingerprint density at radius 3 is 2.59 bits per heavy atom. The average Bonchev–Trinajstić information content (AvgIpc) is 3.27. The number of amides is 1. The molecular weight excluding hydrogens is 364 g/mol. The highest BCUT2D eigenvalue weighted by Gasteiger charge is 2.46. The highest BCUT2D eigenvalue weighted by atomic mass is 32.1. The van der Waals surface area contributed by atoms with Gasteiger partial charge in [0, 0.05) is 18.0 Å². The fraction of sp³-hybridized carbons (Fsp3) is 0.300. The molecule has 7 heteroatoms. The van der Waals surface area contributed by atoms with Crippen molar-refractivity contribution in [2.45, 2.75) is 6.04 Å². The molecule has 0 bridgehead atoms. The fourth-order valence-corrected chi connectivity index (χ4v) is 3.99. The molecule has 1 aromatic carbocycles. The lowest BCUT2D eigenvalue weighted by Crippen LogP contribution is -2.35. The highest BCUT2D eigenvalue weighted by molar-refractivity contribution is 7.10. The summed E-state index contributed by atoms with van der Waals surface area (Å²) in [5.41, 5.74) is 0.498. The molecule has 3 rings (SSSR count). The predicted octanol–water partition coefficient (Wildman–Crippen LogP) is 2.74. The van der Waals surface area contributed by atoms with Gasteiger partial charge >= 0.3 is 0 Å². The number of para-hydroxylation sites is 1. The van der Waals surface area contributed by atoms with Gasteiger partial charge in [0.15, 0.2) is 0 Å². The molecule has 6 nitrogen and oxygen atoms in total. The molecule has 142 valence electrons. The van der Waals surface area contributed by atoms with E-state index < -0.39 is 17.7 Å². The third-order valence-electron chi connectivity index (χ3n) is 4.50. The molecule has 27 heavy (non-hydrogen) atoms. The van der Waals surface area contributed by atoms with Gasteiger partial charge in [-0.3, -0.25) is 9.59 Å². The van der Waals surface area contributed by atoms with Gasteiger partial charge in [-0.15, -0.1) is 11.3 Å². The summed E-state index contributed by atoms with van der Waals surface area (Å²) in [6.45, 7) is 1.01. The van der Waals surface area contributed by atoms with Crippen molar-refractivity contribution < 1.29 is 19.4 Å². The molecule has 1 aliphatic rings. The van der Waals surface area contributed by atoms with Gasteiger partial charge in [0.1, 0.15) is 11.5 Å². The van der Waals surface area contributed by atoms with E-state index in [1.807, 2.05) is 36.5 Å². The number of benzene rings is 1. The summed E-state index contributed by atoms with van der Waals surface area (Å²) < 4.78 is 5.31. The number of Topliss-reactive ketones (excluding diaryl/α,β-unsaturated/α-hetero) is 1. The molecule has 1 aromatic heterocycles. The van der Waals surface area contributed by atoms with Gasteiger partial charge in [0.25, 0.3) is 11.7 Å². The minimum absolute atomic E-state index is 0.103. The Morgan fingerprint density at radius 1 is 1.22 bits per heavy atom. The molecule has 2 heterocycles. The van der Waals surface area contributed by atoms with E-state index in [4.69, 9.17) is 4.74 Å². The van der Waals surface area contributed by atoms with Gasteiger partial charge in [-0.05, 0) is 37.7 Å². The number of nitrogens with zero attached hydrogens (tertiary/aromatic N) is 2. The number of thiophene rings is 1. The van der Waals surface area contributed by atoms with Crippen LogP contribution in [0.2, 0.25) is 0 Å². The van der Waals surface area contributed by atoms with Crippen LogP contribution >= 0.6 is 11.3 Å². The maximum Gasteiger partial charge on any atom is 0.295 e. The molecule has 1 saturated heterocycles. The number of ether oxygens (including phenoxy) is 1. The summed E-state index contributed by atoms with van der Waals surface area (Å²) in [4.78, 5) is 29.9. The Labute approximate surface area is 162 Å². The van der Waals surface area contributed by atoms with E-state index in [9.17, 15) is 14.7 Å². The van der Waals surface area contributed by atoms with Crippen LogP contribution in [0.15, 0.2) is 47.4 Å². The van der Waals surface area contributed by atoms with Gasteiger partial charge in [0.2, 0.25) is 0 Å². The van der Waals surface area contributed by atoms with Crippen molar-refractivity contribution in [1.82, 2.24) is 9.80 Å². The molecule has 0 saturated carbocycles. The Morgan fingerprint density at radius 2 is 1.96 bits per heavy atom. The van der Waals surface area contributed by atoms with Crippen molar-refractivity contribution in [3.8, 4) is 5.75 Å². The lowest BCUT2D eigenvalue weighted by molar-refractivity contribution is -0.140. The third-order valence-corrected chi connectivity index (χ3v) is 5.43. The normalized spacial score (nSPS) is 19.1. The minimum Gasteiger partial charge on any atom is -0.507 e. The second kappa shape index (κ2) is 7.94. The van der Waals surface area contributed by atoms with Gasteiger partial charge in [-0.2, -0.15) is 0 Å². The first kappa shape index (κ1) is 19.1. The van der Waals surface area contributed by atoms with E-state index in [1.54, 1.807) is 24.3 Å².